The fraction of sp³-hybridized carbons (Fsp3) is 0.646. The van der Waals surface area contributed by atoms with E-state index in [0.717, 1.165) is 4.90 Å². The van der Waals surface area contributed by atoms with Crippen molar-refractivity contribution in [1.82, 2.24) is 4.90 Å². The van der Waals surface area contributed by atoms with Crippen LogP contribution >= 0.6 is 0 Å². The number of rotatable bonds is 10. The molecule has 5 rings (SSSR count). The van der Waals surface area contributed by atoms with Crippen LogP contribution in [0.15, 0.2) is 48.3 Å². The molecule has 0 saturated carbocycles. The topological polar surface area (TPSA) is 197 Å². The predicted octanol–water partition coefficient (Wildman–Crippen LogP) is 6.49. The van der Waals surface area contributed by atoms with Crippen molar-refractivity contribution in [3.05, 3.63) is 59.4 Å². The summed E-state index contributed by atoms with van der Waals surface area (Å²) in [6, 6.07) is 5.60. The van der Waals surface area contributed by atoms with Gasteiger partial charge in [0.15, 0.2) is 18.3 Å². The Morgan fingerprint density at radius 3 is 1.53 bits per heavy atom. The molecule has 16 heteroatoms. The van der Waals surface area contributed by atoms with E-state index in [1.807, 2.05) is 0 Å². The lowest BCUT2D eigenvalue weighted by Crippen LogP contribution is -2.65. The van der Waals surface area contributed by atoms with Gasteiger partial charge in [-0.15, -0.1) is 0 Å². The lowest BCUT2D eigenvalue weighted by molar-refractivity contribution is -0.344. The molecule has 0 spiro atoms. The van der Waals surface area contributed by atoms with Crippen LogP contribution in [0.2, 0.25) is 0 Å². The summed E-state index contributed by atoms with van der Waals surface area (Å²) in [7, 11) is 0. The third-order valence-electron chi connectivity index (χ3n) is 11.0. The summed E-state index contributed by atoms with van der Waals surface area (Å²) < 4.78 is 49.4. The summed E-state index contributed by atoms with van der Waals surface area (Å²) in [5.41, 5.74) is -4.22. The van der Waals surface area contributed by atoms with Crippen LogP contribution in [0.1, 0.15) is 125 Å². The highest BCUT2D eigenvalue weighted by Gasteiger charge is 2.58. The quantitative estimate of drug-likeness (QED) is 0.107. The number of ether oxygens (including phenoxy) is 8. The Balaban J connectivity index is 1.62. The van der Waals surface area contributed by atoms with Gasteiger partial charge in [0.25, 0.3) is 11.8 Å². The Bertz CT molecular complexity index is 2030. The highest BCUT2D eigenvalue weighted by molar-refractivity contribution is 6.21. The van der Waals surface area contributed by atoms with Gasteiger partial charge in [0.2, 0.25) is 12.6 Å². The third-order valence-corrected chi connectivity index (χ3v) is 11.0. The van der Waals surface area contributed by atoms with Crippen LogP contribution in [0.25, 0.3) is 0 Å². The van der Waals surface area contributed by atoms with Crippen LogP contribution in [0.5, 0.6) is 0 Å². The molecule has 2 amide bonds. The number of benzene rings is 1. The summed E-state index contributed by atoms with van der Waals surface area (Å²) >= 11 is 0. The number of amides is 2. The Hall–Kier alpha value is -5.09. The molecule has 0 bridgehead atoms. The van der Waals surface area contributed by atoms with Crippen molar-refractivity contribution in [2.75, 3.05) is 13.2 Å². The maximum absolute atomic E-state index is 13.9. The Morgan fingerprint density at radius 2 is 1.05 bits per heavy atom. The maximum atomic E-state index is 13.9. The van der Waals surface area contributed by atoms with Crippen molar-refractivity contribution in [3.8, 4) is 0 Å². The van der Waals surface area contributed by atoms with Crippen molar-refractivity contribution in [2.45, 2.75) is 147 Å². The zero-order valence-electron chi connectivity index (χ0n) is 39.7. The van der Waals surface area contributed by atoms with Crippen molar-refractivity contribution in [3.63, 3.8) is 0 Å². The molecule has 0 radical (unpaired) electrons. The van der Waals surface area contributed by atoms with Crippen molar-refractivity contribution in [1.29, 1.82) is 0 Å². The molecule has 3 heterocycles. The molecule has 1 aromatic carbocycles. The van der Waals surface area contributed by atoms with E-state index in [4.69, 9.17) is 37.9 Å². The first kappa shape index (κ1) is 49.9. The van der Waals surface area contributed by atoms with Crippen molar-refractivity contribution >= 4 is 41.7 Å². The zero-order chi connectivity index (χ0) is 48.1. The minimum atomic E-state index is -1.68. The molecule has 1 aliphatic carbocycles. The predicted molar refractivity (Wildman–Crippen MR) is 228 cm³/mol. The molecule has 64 heavy (non-hydrogen) atoms. The number of hydrogen-bond donors (Lipinski definition) is 0. The minimum Gasteiger partial charge on any atom is -0.472 e. The molecule has 3 aliphatic heterocycles. The van der Waals surface area contributed by atoms with Crippen LogP contribution in [-0.2, 0) is 61.9 Å². The molecule has 0 aromatic heterocycles. The number of carbonyl (C=O) groups excluding carboxylic acids is 7. The smallest absolute Gasteiger partial charge is 0.311 e. The van der Waals surface area contributed by atoms with Gasteiger partial charge in [0.05, 0.1) is 56.4 Å². The molecular formula is C48H65NO15. The maximum Gasteiger partial charge on any atom is 0.311 e. The SMILES string of the molecule is CC(C)(C)C(=O)OCC1=C[C@H](N2C(=O)c3ccccc3C2=O)[C@@H]2C=CO[C@@H](O[C@@H]3O[C@H](COC(=O)C(C)(C)C)[C@@H](OC(=O)C(C)(C)C)[C@H](OC(=O)C(C)(C)C)[C@H]3OC(=O)C(C)(C)C)[C@H]12. The molecule has 352 valence electrons. The van der Waals surface area contributed by atoms with Gasteiger partial charge in [-0.3, -0.25) is 38.5 Å². The van der Waals surface area contributed by atoms with Crippen LogP contribution in [0.3, 0.4) is 0 Å². The summed E-state index contributed by atoms with van der Waals surface area (Å²) in [5, 5.41) is 0. The number of carbonyl (C=O) groups is 7. The van der Waals surface area contributed by atoms with Crippen molar-refractivity contribution in [2.24, 2.45) is 38.9 Å². The van der Waals surface area contributed by atoms with Crippen LogP contribution in [-0.4, -0.2) is 103 Å². The normalized spacial score (nSPS) is 27.1. The number of esters is 5. The number of imide groups is 1. The van der Waals surface area contributed by atoms with E-state index < -0.39 is 130 Å². The largest absolute Gasteiger partial charge is 0.472 e. The van der Waals surface area contributed by atoms with E-state index in [0.29, 0.717) is 5.57 Å². The van der Waals surface area contributed by atoms with E-state index in [1.54, 1.807) is 140 Å². The zero-order valence-corrected chi connectivity index (χ0v) is 39.7. The second kappa shape index (κ2) is 18.1. The van der Waals surface area contributed by atoms with Crippen LogP contribution in [0, 0.1) is 38.9 Å². The Labute approximate surface area is 375 Å². The van der Waals surface area contributed by atoms with Gasteiger partial charge in [0.1, 0.15) is 19.3 Å². The highest BCUT2D eigenvalue weighted by atomic mass is 16.8. The summed E-state index contributed by atoms with van der Waals surface area (Å²) in [6.45, 7) is 23.8. The van der Waals surface area contributed by atoms with E-state index in [-0.39, 0.29) is 17.7 Å². The second-order valence-corrected chi connectivity index (χ2v) is 21.9. The molecule has 1 aromatic rings. The molecule has 4 aliphatic rings. The van der Waals surface area contributed by atoms with Gasteiger partial charge in [-0.25, -0.2) is 0 Å². The molecule has 1 saturated heterocycles. The van der Waals surface area contributed by atoms with E-state index in [9.17, 15) is 33.6 Å². The molecule has 1 fully saturated rings. The van der Waals surface area contributed by atoms with Gasteiger partial charge in [-0.05, 0) is 128 Å². The van der Waals surface area contributed by atoms with Crippen LogP contribution in [0.4, 0.5) is 0 Å². The highest BCUT2D eigenvalue weighted by Crippen LogP contribution is 2.46. The minimum absolute atomic E-state index is 0.240. The first-order chi connectivity index (χ1) is 29.3. The Morgan fingerprint density at radius 1 is 0.594 bits per heavy atom. The molecular weight excluding hydrogens is 831 g/mol. The molecule has 0 unspecified atom stereocenters. The monoisotopic (exact) mass is 895 g/mol. The number of nitrogens with zero attached hydrogens (tertiary/aromatic N) is 1. The summed E-state index contributed by atoms with van der Waals surface area (Å²) in [5.74, 6) is -5.94. The number of fused-ring (bicyclic) bond motifs is 2. The van der Waals surface area contributed by atoms with Crippen LogP contribution < -0.4 is 0 Å². The lowest BCUT2D eigenvalue weighted by Gasteiger charge is -2.47. The molecule has 9 atom stereocenters. The molecule has 16 nitrogen and oxygen atoms in total. The van der Waals surface area contributed by atoms with Crippen molar-refractivity contribution < 1.29 is 71.5 Å². The first-order valence-corrected chi connectivity index (χ1v) is 21.6. The van der Waals surface area contributed by atoms with Gasteiger partial charge >= 0.3 is 29.8 Å². The summed E-state index contributed by atoms with van der Waals surface area (Å²) in [6.07, 6.45) is -4.46. The second-order valence-electron chi connectivity index (χ2n) is 21.9. The number of hydrogen-bond acceptors (Lipinski definition) is 15. The van der Waals surface area contributed by atoms with Gasteiger partial charge in [-0.2, -0.15) is 0 Å². The first-order valence-electron chi connectivity index (χ1n) is 21.6. The van der Waals surface area contributed by atoms with Gasteiger partial charge < -0.3 is 37.9 Å². The summed E-state index contributed by atoms with van der Waals surface area (Å²) in [4.78, 5) is 96.7. The standard InChI is InChI=1S/C48H65NO15/c1-44(2,3)39(52)58-23-25-22-29(49-35(50)26-18-16-17-19-27(26)36(49)51)28-20-21-57-37(31(25)28)64-38-34(63-43(56)48(13,14)15)33(62-42(55)47(10,11)12)32(61-41(54)46(7,8)9)30(60-38)24-59-40(53)45(4,5)6/h16-22,28-34,37-38H,23-24H2,1-15H3/t28-,29-,30+,31+,32+,33-,34+,37-,38-/m0/s1. The third kappa shape index (κ3) is 10.9. The fourth-order valence-corrected chi connectivity index (χ4v) is 7.07. The van der Waals surface area contributed by atoms with E-state index in [2.05, 4.69) is 0 Å². The Kier molecular flexibility index (Phi) is 14.1. The van der Waals surface area contributed by atoms with E-state index >= 15 is 0 Å². The average molecular weight is 896 g/mol. The van der Waals surface area contributed by atoms with Gasteiger partial charge in [-0.1, -0.05) is 18.2 Å². The van der Waals surface area contributed by atoms with Gasteiger partial charge in [0, 0.05) is 5.92 Å². The average Bonchev–Trinajstić information content (AvgIpc) is 3.66. The lowest BCUT2D eigenvalue weighted by atomic mass is 9.86. The molecule has 0 N–H and O–H groups in total. The fourth-order valence-electron chi connectivity index (χ4n) is 7.07. The van der Waals surface area contributed by atoms with E-state index in [1.165, 1.54) is 6.26 Å².